The molecule has 2 rings (SSSR count). The maximum Gasteiger partial charge on any atom is 0.237 e. The number of hydrogen-bond donors (Lipinski definition) is 2. The molecule has 20 heavy (non-hydrogen) atoms. The first-order chi connectivity index (χ1) is 9.55. The van der Waals surface area contributed by atoms with Crippen molar-refractivity contribution in [1.82, 2.24) is 5.32 Å². The highest BCUT2D eigenvalue weighted by molar-refractivity contribution is 7.99. The molecule has 6 heteroatoms. The molecule has 0 fully saturated rings. The topological polar surface area (TPSA) is 73.6 Å². The monoisotopic (exact) mass is 296 g/mol. The number of nitrogens with two attached hydrogens (primary N) is 1. The Morgan fingerprint density at radius 1 is 1.40 bits per heavy atom. The highest BCUT2D eigenvalue weighted by Gasteiger charge is 2.28. The fraction of sp³-hybridized carbons (Fsp3) is 0.500. The second-order valence-corrected chi connectivity index (χ2v) is 6.02. The molecule has 0 radical (unpaired) electrons. The fourth-order valence-corrected chi connectivity index (χ4v) is 2.96. The van der Waals surface area contributed by atoms with E-state index in [0.29, 0.717) is 19.6 Å². The van der Waals surface area contributed by atoms with Gasteiger partial charge in [-0.1, -0.05) is 0 Å². The van der Waals surface area contributed by atoms with Crippen LogP contribution in [0.4, 0.5) is 0 Å². The zero-order valence-corrected chi connectivity index (χ0v) is 12.6. The van der Waals surface area contributed by atoms with E-state index in [1.807, 2.05) is 25.1 Å². The fourth-order valence-electron chi connectivity index (χ4n) is 1.86. The van der Waals surface area contributed by atoms with Crippen molar-refractivity contribution in [2.45, 2.75) is 23.8 Å². The van der Waals surface area contributed by atoms with Crippen molar-refractivity contribution in [2.75, 3.05) is 26.0 Å². The molecule has 110 valence electrons. The van der Waals surface area contributed by atoms with Gasteiger partial charge in [-0.2, -0.15) is 0 Å². The Hall–Kier alpha value is -1.40. The summed E-state index contributed by atoms with van der Waals surface area (Å²) in [4.78, 5) is 12.5. The van der Waals surface area contributed by atoms with Crippen molar-refractivity contribution in [1.29, 1.82) is 0 Å². The summed E-state index contributed by atoms with van der Waals surface area (Å²) < 4.78 is 11.0. The van der Waals surface area contributed by atoms with Crippen LogP contribution in [0, 0.1) is 0 Å². The quantitative estimate of drug-likeness (QED) is 0.776. The molecule has 0 aromatic heterocycles. The van der Waals surface area contributed by atoms with Gasteiger partial charge in [-0.05, 0) is 38.6 Å². The number of primary amides is 1. The zero-order valence-electron chi connectivity index (χ0n) is 11.8. The number of amides is 1. The lowest BCUT2D eigenvalue weighted by molar-refractivity contribution is -0.123. The molecular formula is C14H20N2O3S. The summed E-state index contributed by atoms with van der Waals surface area (Å²) >= 11 is 1.67. The number of thioether (sulfide) groups is 1. The summed E-state index contributed by atoms with van der Waals surface area (Å²) in [5.41, 5.74) is 4.74. The minimum Gasteiger partial charge on any atom is -0.486 e. The molecule has 0 bridgehead atoms. The van der Waals surface area contributed by atoms with Crippen LogP contribution in [0.25, 0.3) is 0 Å². The number of likely N-dealkylation sites (N-methyl/N-ethyl adjacent to an activating group) is 1. The number of nitrogens with one attached hydrogen (secondary N) is 1. The smallest absolute Gasteiger partial charge is 0.237 e. The zero-order chi connectivity index (χ0) is 14.6. The van der Waals surface area contributed by atoms with Gasteiger partial charge in [0, 0.05) is 10.6 Å². The van der Waals surface area contributed by atoms with Crippen LogP contribution < -0.4 is 20.5 Å². The highest BCUT2D eigenvalue weighted by Crippen LogP contribution is 2.34. The Kier molecular flexibility index (Phi) is 4.77. The Morgan fingerprint density at radius 3 is 2.75 bits per heavy atom. The second-order valence-electron chi connectivity index (χ2n) is 4.85. The van der Waals surface area contributed by atoms with E-state index < -0.39 is 5.54 Å². The molecule has 1 atom stereocenters. The Bertz CT molecular complexity index is 495. The van der Waals surface area contributed by atoms with Crippen LogP contribution in [-0.2, 0) is 4.79 Å². The van der Waals surface area contributed by atoms with Crippen LogP contribution in [0.5, 0.6) is 11.5 Å². The third kappa shape index (κ3) is 3.37. The van der Waals surface area contributed by atoms with Crippen LogP contribution >= 0.6 is 11.8 Å². The first kappa shape index (κ1) is 15.0. The van der Waals surface area contributed by atoms with Gasteiger partial charge in [0.05, 0.1) is 5.54 Å². The molecule has 0 spiro atoms. The normalized spacial score (nSPS) is 16.5. The van der Waals surface area contributed by atoms with Gasteiger partial charge in [0.25, 0.3) is 0 Å². The molecule has 1 aliphatic rings. The Balaban J connectivity index is 1.93. The van der Waals surface area contributed by atoms with Gasteiger partial charge in [0.1, 0.15) is 13.2 Å². The first-order valence-corrected chi connectivity index (χ1v) is 7.55. The molecule has 1 aromatic rings. The lowest BCUT2D eigenvalue weighted by Crippen LogP contribution is -2.51. The molecule has 3 N–H and O–H groups in total. The van der Waals surface area contributed by atoms with E-state index >= 15 is 0 Å². The van der Waals surface area contributed by atoms with Crippen molar-refractivity contribution < 1.29 is 14.3 Å². The van der Waals surface area contributed by atoms with Crippen molar-refractivity contribution in [3.05, 3.63) is 18.2 Å². The van der Waals surface area contributed by atoms with Crippen LogP contribution in [0.1, 0.15) is 13.3 Å². The second kappa shape index (κ2) is 6.37. The van der Waals surface area contributed by atoms with Crippen molar-refractivity contribution in [3.63, 3.8) is 0 Å². The van der Waals surface area contributed by atoms with Gasteiger partial charge in [0.15, 0.2) is 11.5 Å². The number of fused-ring (bicyclic) bond motifs is 1. The maximum absolute atomic E-state index is 11.4. The van der Waals surface area contributed by atoms with Crippen LogP contribution in [0.3, 0.4) is 0 Å². The van der Waals surface area contributed by atoms with Gasteiger partial charge in [0.2, 0.25) is 5.91 Å². The summed E-state index contributed by atoms with van der Waals surface area (Å²) in [6.07, 6.45) is 0.665. The molecule has 0 aliphatic carbocycles. The SMILES string of the molecule is CNC(C)(CCSc1ccc2c(c1)OCCO2)C(N)=O. The number of carbonyl (C=O) groups is 1. The molecule has 1 heterocycles. The predicted molar refractivity (Wildman–Crippen MR) is 79.4 cm³/mol. The minimum absolute atomic E-state index is 0.331. The Morgan fingerprint density at radius 2 is 2.10 bits per heavy atom. The van der Waals surface area contributed by atoms with Gasteiger partial charge in [-0.25, -0.2) is 0 Å². The molecular weight excluding hydrogens is 276 g/mol. The van der Waals surface area contributed by atoms with Crippen LogP contribution in [0.2, 0.25) is 0 Å². The lowest BCUT2D eigenvalue weighted by atomic mass is 9.99. The van der Waals surface area contributed by atoms with Crippen molar-refractivity contribution in [2.24, 2.45) is 5.73 Å². The van der Waals surface area contributed by atoms with Crippen molar-refractivity contribution in [3.8, 4) is 11.5 Å². The molecule has 5 nitrogen and oxygen atoms in total. The molecule has 1 unspecified atom stereocenters. The molecule has 1 aromatic carbocycles. The molecule has 1 amide bonds. The number of ether oxygens (including phenoxy) is 2. The van der Waals surface area contributed by atoms with E-state index in [2.05, 4.69) is 5.32 Å². The molecule has 0 saturated carbocycles. The third-order valence-electron chi connectivity index (χ3n) is 3.48. The van der Waals surface area contributed by atoms with Gasteiger partial charge < -0.3 is 20.5 Å². The van der Waals surface area contributed by atoms with Gasteiger partial charge >= 0.3 is 0 Å². The van der Waals surface area contributed by atoms with Crippen LogP contribution in [-0.4, -0.2) is 37.5 Å². The summed E-state index contributed by atoms with van der Waals surface area (Å²) in [6, 6.07) is 5.89. The average molecular weight is 296 g/mol. The maximum atomic E-state index is 11.4. The summed E-state index contributed by atoms with van der Waals surface area (Å²) in [6.45, 7) is 3.00. The third-order valence-corrected chi connectivity index (χ3v) is 4.48. The minimum atomic E-state index is -0.666. The number of hydrogen-bond acceptors (Lipinski definition) is 5. The van der Waals surface area contributed by atoms with E-state index in [9.17, 15) is 4.79 Å². The first-order valence-electron chi connectivity index (χ1n) is 6.56. The summed E-state index contributed by atoms with van der Waals surface area (Å²) in [7, 11) is 1.75. The van der Waals surface area contributed by atoms with Gasteiger partial charge in [-0.15, -0.1) is 11.8 Å². The summed E-state index contributed by atoms with van der Waals surface area (Å²) in [5.74, 6) is 2.04. The van der Waals surface area contributed by atoms with Gasteiger partial charge in [-0.3, -0.25) is 4.79 Å². The molecule has 0 saturated heterocycles. The lowest BCUT2D eigenvalue weighted by Gasteiger charge is -2.25. The predicted octanol–water partition coefficient (Wildman–Crippen LogP) is 1.40. The number of rotatable bonds is 6. The molecule has 1 aliphatic heterocycles. The van der Waals surface area contributed by atoms with Crippen LogP contribution in [0.15, 0.2) is 23.1 Å². The van der Waals surface area contributed by atoms with E-state index in [-0.39, 0.29) is 5.91 Å². The average Bonchev–Trinajstić information content (AvgIpc) is 2.46. The van der Waals surface area contributed by atoms with E-state index in [1.165, 1.54) is 0 Å². The highest BCUT2D eigenvalue weighted by atomic mass is 32.2. The standard InChI is InChI=1S/C14H20N2O3S/c1-14(16-2,13(15)17)5-8-20-10-3-4-11-12(9-10)19-7-6-18-11/h3-4,9,16H,5-8H2,1-2H3,(H2,15,17). The number of carbonyl (C=O) groups excluding carboxylic acids is 1. The number of benzene rings is 1. The largest absolute Gasteiger partial charge is 0.486 e. The Labute approximate surface area is 123 Å². The summed E-state index contributed by atoms with van der Waals surface area (Å²) in [5, 5.41) is 2.98. The van der Waals surface area contributed by atoms with E-state index in [1.54, 1.807) is 18.8 Å². The van der Waals surface area contributed by atoms with E-state index in [4.69, 9.17) is 15.2 Å². The van der Waals surface area contributed by atoms with Crippen molar-refractivity contribution >= 4 is 17.7 Å². The van der Waals surface area contributed by atoms with E-state index in [0.717, 1.165) is 22.1 Å².